The third-order valence-electron chi connectivity index (χ3n) is 8.38. The Morgan fingerprint density at radius 3 is 1.50 bits per heavy atom. The van der Waals surface area contributed by atoms with Gasteiger partial charge in [-0.15, -0.1) is 0 Å². The van der Waals surface area contributed by atoms with Gasteiger partial charge in [-0.1, -0.05) is 115 Å². The molecule has 2 heteroatoms. The van der Waals surface area contributed by atoms with Crippen molar-refractivity contribution in [2.24, 2.45) is 0 Å². The van der Waals surface area contributed by atoms with E-state index in [1.807, 2.05) is 6.07 Å². The van der Waals surface area contributed by atoms with Gasteiger partial charge in [0.2, 0.25) is 0 Å². The Labute approximate surface area is 257 Å². The quantitative estimate of drug-likeness (QED) is 0.213. The van der Waals surface area contributed by atoms with E-state index < -0.39 is 0 Å². The summed E-state index contributed by atoms with van der Waals surface area (Å²) in [4.78, 5) is 0. The highest BCUT2D eigenvalue weighted by molar-refractivity contribution is 6.10. The predicted molar refractivity (Wildman–Crippen MR) is 187 cm³/mol. The van der Waals surface area contributed by atoms with Crippen molar-refractivity contribution in [2.45, 2.75) is 0 Å². The van der Waals surface area contributed by atoms with Gasteiger partial charge in [-0.25, -0.2) is 0 Å². The molecule has 0 aliphatic heterocycles. The maximum Gasteiger partial charge on any atom is 0.0541 e. The Balaban J connectivity index is 1.07. The van der Waals surface area contributed by atoms with Crippen molar-refractivity contribution in [1.82, 2.24) is 4.57 Å². The minimum Gasteiger partial charge on any atom is -0.356 e. The van der Waals surface area contributed by atoms with Gasteiger partial charge in [0, 0.05) is 27.8 Å². The lowest BCUT2D eigenvalue weighted by Gasteiger charge is -2.10. The van der Waals surface area contributed by atoms with Gasteiger partial charge in [-0.2, -0.15) is 0 Å². The Bertz CT molecular complexity index is 2210. The van der Waals surface area contributed by atoms with Crippen LogP contribution in [0.5, 0.6) is 0 Å². The van der Waals surface area contributed by atoms with E-state index >= 15 is 0 Å². The van der Waals surface area contributed by atoms with Gasteiger partial charge < -0.3 is 9.88 Å². The third kappa shape index (κ3) is 4.83. The first-order valence-electron chi connectivity index (χ1n) is 15.0. The fourth-order valence-electron chi connectivity index (χ4n) is 6.18. The number of para-hydroxylation sites is 2. The molecule has 0 saturated heterocycles. The summed E-state index contributed by atoms with van der Waals surface area (Å²) in [6, 6.07) is 62.7. The van der Waals surface area contributed by atoms with Crippen molar-refractivity contribution in [2.75, 3.05) is 5.32 Å². The molecule has 8 aromatic rings. The van der Waals surface area contributed by atoms with Crippen molar-refractivity contribution in [1.29, 1.82) is 0 Å². The van der Waals surface area contributed by atoms with Crippen molar-refractivity contribution in [3.05, 3.63) is 176 Å². The lowest BCUT2D eigenvalue weighted by molar-refractivity contribution is 1.18. The number of anilines is 2. The summed E-state index contributed by atoms with van der Waals surface area (Å²) in [7, 11) is 0. The molecule has 0 aliphatic carbocycles. The van der Waals surface area contributed by atoms with E-state index in [0.717, 1.165) is 11.4 Å². The van der Waals surface area contributed by atoms with Crippen LogP contribution >= 0.6 is 0 Å². The first-order chi connectivity index (χ1) is 21.8. The molecule has 0 bridgehead atoms. The number of fused-ring (bicyclic) bond motifs is 3. The molecule has 8 rings (SSSR count). The zero-order chi connectivity index (χ0) is 29.3. The molecule has 0 atom stereocenters. The predicted octanol–water partition coefficient (Wildman–Crippen LogP) is 11.5. The van der Waals surface area contributed by atoms with E-state index in [0.29, 0.717) is 0 Å². The van der Waals surface area contributed by atoms with Crippen LogP contribution < -0.4 is 5.32 Å². The second kappa shape index (κ2) is 11.1. The first-order valence-corrected chi connectivity index (χ1v) is 15.0. The van der Waals surface area contributed by atoms with E-state index in [2.05, 4.69) is 180 Å². The fourth-order valence-corrected chi connectivity index (χ4v) is 6.18. The Hall–Kier alpha value is -5.86. The normalized spacial score (nSPS) is 11.2. The summed E-state index contributed by atoms with van der Waals surface area (Å²) in [5.41, 5.74) is 13.0. The van der Waals surface area contributed by atoms with Crippen molar-refractivity contribution in [3.8, 4) is 39.1 Å². The molecule has 7 aromatic carbocycles. The molecule has 0 amide bonds. The summed E-state index contributed by atoms with van der Waals surface area (Å²) in [6.07, 6.45) is 0. The summed E-state index contributed by atoms with van der Waals surface area (Å²) >= 11 is 0. The average Bonchev–Trinajstić information content (AvgIpc) is 3.43. The number of aromatic nitrogens is 1. The van der Waals surface area contributed by atoms with Crippen LogP contribution in [0, 0.1) is 0 Å². The van der Waals surface area contributed by atoms with Crippen molar-refractivity contribution < 1.29 is 0 Å². The Kier molecular flexibility index (Phi) is 6.51. The fraction of sp³-hybridized carbons (Fsp3) is 0. The molecule has 44 heavy (non-hydrogen) atoms. The number of benzene rings is 7. The van der Waals surface area contributed by atoms with E-state index in [1.54, 1.807) is 0 Å². The molecule has 1 heterocycles. The molecular weight excluding hydrogens is 532 g/mol. The van der Waals surface area contributed by atoms with Crippen LogP contribution in [-0.4, -0.2) is 4.57 Å². The maximum absolute atomic E-state index is 3.54. The van der Waals surface area contributed by atoms with Gasteiger partial charge in [0.25, 0.3) is 0 Å². The van der Waals surface area contributed by atoms with E-state index in [1.165, 1.54) is 60.9 Å². The third-order valence-corrected chi connectivity index (χ3v) is 8.38. The number of hydrogen-bond donors (Lipinski definition) is 1. The molecule has 0 unspecified atom stereocenters. The molecule has 2 nitrogen and oxygen atoms in total. The molecule has 208 valence electrons. The van der Waals surface area contributed by atoms with Crippen LogP contribution in [0.1, 0.15) is 0 Å². The molecule has 1 N–H and O–H groups in total. The van der Waals surface area contributed by atoms with Crippen molar-refractivity contribution in [3.63, 3.8) is 0 Å². The van der Waals surface area contributed by atoms with Gasteiger partial charge in [0.05, 0.1) is 11.0 Å². The second-order valence-electron chi connectivity index (χ2n) is 11.1. The number of rotatable bonds is 6. The van der Waals surface area contributed by atoms with E-state index in [9.17, 15) is 0 Å². The largest absolute Gasteiger partial charge is 0.356 e. The zero-order valence-corrected chi connectivity index (χ0v) is 24.2. The van der Waals surface area contributed by atoms with E-state index in [-0.39, 0.29) is 0 Å². The minimum atomic E-state index is 1.07. The summed E-state index contributed by atoms with van der Waals surface area (Å²) in [6.45, 7) is 0. The average molecular weight is 563 g/mol. The van der Waals surface area contributed by atoms with Crippen LogP contribution in [0.3, 0.4) is 0 Å². The molecular formula is C42H30N2. The Morgan fingerprint density at radius 1 is 0.318 bits per heavy atom. The van der Waals surface area contributed by atoms with Crippen LogP contribution in [-0.2, 0) is 0 Å². The minimum absolute atomic E-state index is 1.07. The second-order valence-corrected chi connectivity index (χ2v) is 11.1. The summed E-state index contributed by atoms with van der Waals surface area (Å²) in [5, 5.41) is 6.07. The van der Waals surface area contributed by atoms with Gasteiger partial charge >= 0.3 is 0 Å². The van der Waals surface area contributed by atoms with Gasteiger partial charge in [0.1, 0.15) is 0 Å². The van der Waals surface area contributed by atoms with Crippen LogP contribution in [0.15, 0.2) is 176 Å². The topological polar surface area (TPSA) is 17.0 Å². The smallest absolute Gasteiger partial charge is 0.0541 e. The molecule has 0 radical (unpaired) electrons. The molecule has 0 saturated carbocycles. The summed E-state index contributed by atoms with van der Waals surface area (Å²) in [5.74, 6) is 0. The molecule has 0 aliphatic rings. The molecule has 0 spiro atoms. The molecule has 1 aromatic heterocycles. The summed E-state index contributed by atoms with van der Waals surface area (Å²) < 4.78 is 2.36. The highest BCUT2D eigenvalue weighted by Crippen LogP contribution is 2.36. The van der Waals surface area contributed by atoms with Crippen LogP contribution in [0.2, 0.25) is 0 Å². The molecule has 0 fully saturated rings. The van der Waals surface area contributed by atoms with Gasteiger partial charge in [-0.3, -0.25) is 0 Å². The van der Waals surface area contributed by atoms with Gasteiger partial charge in [-0.05, 0) is 94.0 Å². The number of hydrogen-bond acceptors (Lipinski definition) is 1. The van der Waals surface area contributed by atoms with Gasteiger partial charge in [0.15, 0.2) is 0 Å². The van der Waals surface area contributed by atoms with Crippen LogP contribution in [0.4, 0.5) is 11.4 Å². The lowest BCUT2D eigenvalue weighted by Crippen LogP contribution is -1.92. The Morgan fingerprint density at radius 2 is 0.795 bits per heavy atom. The lowest BCUT2D eigenvalue weighted by atomic mass is 9.98. The zero-order valence-electron chi connectivity index (χ0n) is 24.2. The number of nitrogens with one attached hydrogen (secondary N) is 1. The highest BCUT2D eigenvalue weighted by Gasteiger charge is 2.13. The maximum atomic E-state index is 3.54. The monoisotopic (exact) mass is 562 g/mol. The standard InChI is InChI=1S/C42H30N2/c1-3-10-30(11-4-1)31-18-23-36(24-19-31)43-37-25-20-32(21-26-37)33-12-9-13-34(28-33)35-22-27-42-40(29-35)39-16-7-8-17-41(39)44(42)38-14-5-2-6-15-38/h1-29,43H. The number of nitrogens with zero attached hydrogens (tertiary/aromatic N) is 1. The van der Waals surface area contributed by atoms with Crippen molar-refractivity contribution >= 4 is 33.2 Å². The van der Waals surface area contributed by atoms with Crippen LogP contribution in [0.25, 0.3) is 60.9 Å². The van der Waals surface area contributed by atoms with E-state index in [4.69, 9.17) is 0 Å². The first kappa shape index (κ1) is 25.8. The SMILES string of the molecule is c1ccc(-c2ccc(Nc3ccc(-c4cccc(-c5ccc6c(c5)c5ccccc5n6-c5ccccc5)c4)cc3)cc2)cc1. The highest BCUT2D eigenvalue weighted by atomic mass is 15.0.